The quantitative estimate of drug-likeness (QED) is 0.702. The predicted molar refractivity (Wildman–Crippen MR) is 91.3 cm³/mol. The molecule has 0 fully saturated rings. The molecule has 0 aliphatic rings. The second-order valence-corrected chi connectivity index (χ2v) is 5.25. The second kappa shape index (κ2) is 6.46. The highest BCUT2D eigenvalue weighted by atomic mass is 35.5. The van der Waals surface area contributed by atoms with Crippen LogP contribution in [0.5, 0.6) is 0 Å². The molecule has 1 N–H and O–H groups in total. The normalized spacial score (nSPS) is 10.2. The van der Waals surface area contributed by atoms with Gasteiger partial charge in [-0.2, -0.15) is 0 Å². The highest BCUT2D eigenvalue weighted by Gasteiger charge is 2.13. The Hall–Kier alpha value is -2.58. The molecule has 3 rings (SSSR count). The molecule has 108 valence electrons. The first-order chi connectivity index (χ1) is 10.8. The summed E-state index contributed by atoms with van der Waals surface area (Å²) in [7, 11) is 0. The molecule has 2 nitrogen and oxygen atoms in total. The van der Waals surface area contributed by atoms with Crippen LogP contribution in [0.15, 0.2) is 78.9 Å². The summed E-state index contributed by atoms with van der Waals surface area (Å²) in [4.78, 5) is 12.6. The molecule has 0 heterocycles. The highest BCUT2D eigenvalue weighted by Crippen LogP contribution is 2.26. The number of amides is 1. The minimum Gasteiger partial charge on any atom is -0.321 e. The first-order valence-electron chi connectivity index (χ1n) is 6.96. The average molecular weight is 308 g/mol. The fraction of sp³-hybridized carbons (Fsp3) is 0. The van der Waals surface area contributed by atoms with Crippen LogP contribution in [0.1, 0.15) is 10.4 Å². The summed E-state index contributed by atoms with van der Waals surface area (Å²) < 4.78 is 0. The lowest BCUT2D eigenvalue weighted by Crippen LogP contribution is -2.13. The zero-order valence-corrected chi connectivity index (χ0v) is 12.5. The van der Waals surface area contributed by atoms with Crippen LogP contribution in [0, 0.1) is 0 Å². The van der Waals surface area contributed by atoms with Crippen molar-refractivity contribution in [2.24, 2.45) is 0 Å². The molecule has 0 atom stereocenters. The molecule has 0 spiro atoms. The first-order valence-corrected chi connectivity index (χ1v) is 7.34. The van der Waals surface area contributed by atoms with E-state index in [4.69, 9.17) is 11.6 Å². The second-order valence-electron chi connectivity index (χ2n) is 4.85. The maximum Gasteiger partial charge on any atom is 0.256 e. The minimum atomic E-state index is -0.174. The van der Waals surface area contributed by atoms with Crippen molar-refractivity contribution in [3.05, 3.63) is 89.4 Å². The van der Waals surface area contributed by atoms with E-state index >= 15 is 0 Å². The average Bonchev–Trinajstić information content (AvgIpc) is 2.58. The monoisotopic (exact) mass is 307 g/mol. The molecule has 3 heteroatoms. The molecular weight excluding hydrogens is 294 g/mol. The van der Waals surface area contributed by atoms with Crippen LogP contribution in [-0.2, 0) is 0 Å². The Morgan fingerprint density at radius 1 is 0.773 bits per heavy atom. The summed E-state index contributed by atoms with van der Waals surface area (Å²) in [6.07, 6.45) is 0. The lowest BCUT2D eigenvalue weighted by Gasteiger charge is -2.11. The number of benzene rings is 3. The molecule has 0 radical (unpaired) electrons. The van der Waals surface area contributed by atoms with Crippen LogP contribution in [0.4, 0.5) is 5.69 Å². The van der Waals surface area contributed by atoms with Gasteiger partial charge in [-0.3, -0.25) is 4.79 Å². The van der Waals surface area contributed by atoms with Crippen molar-refractivity contribution in [1.29, 1.82) is 0 Å². The Bertz CT molecular complexity index is 799. The smallest absolute Gasteiger partial charge is 0.256 e. The van der Waals surface area contributed by atoms with E-state index in [1.807, 2.05) is 66.7 Å². The Balaban J connectivity index is 1.96. The van der Waals surface area contributed by atoms with Crippen LogP contribution in [0.25, 0.3) is 11.1 Å². The van der Waals surface area contributed by atoms with Gasteiger partial charge in [-0.25, -0.2) is 0 Å². The van der Waals surface area contributed by atoms with Crippen LogP contribution in [-0.4, -0.2) is 5.91 Å². The van der Waals surface area contributed by atoms with Gasteiger partial charge in [0.2, 0.25) is 0 Å². The minimum absolute atomic E-state index is 0.174. The standard InChI is InChI=1S/C19H14ClNO/c20-17-12-6-7-13-18(17)21-19(22)16-11-5-4-10-15(16)14-8-2-1-3-9-14/h1-13H,(H,21,22). The van der Waals surface area contributed by atoms with Crippen LogP contribution in [0.3, 0.4) is 0 Å². The third-order valence-corrected chi connectivity index (χ3v) is 3.71. The van der Waals surface area contributed by atoms with Gasteiger partial charge in [-0.1, -0.05) is 72.3 Å². The molecule has 0 aliphatic carbocycles. The van der Waals surface area contributed by atoms with Gasteiger partial charge in [0.1, 0.15) is 0 Å². The van der Waals surface area contributed by atoms with Crippen molar-refractivity contribution in [1.82, 2.24) is 0 Å². The van der Waals surface area contributed by atoms with Gasteiger partial charge in [0.25, 0.3) is 5.91 Å². The number of nitrogens with one attached hydrogen (secondary N) is 1. The van der Waals surface area contributed by atoms with Crippen LogP contribution < -0.4 is 5.32 Å². The molecule has 0 unspecified atom stereocenters. The number of hydrogen-bond acceptors (Lipinski definition) is 1. The number of carbonyl (C=O) groups excluding carboxylic acids is 1. The third kappa shape index (κ3) is 3.02. The van der Waals surface area contributed by atoms with E-state index in [-0.39, 0.29) is 5.91 Å². The van der Waals surface area contributed by atoms with Gasteiger partial charge in [-0.15, -0.1) is 0 Å². The fourth-order valence-corrected chi connectivity index (χ4v) is 2.49. The zero-order valence-electron chi connectivity index (χ0n) is 11.8. The van der Waals surface area contributed by atoms with Gasteiger partial charge < -0.3 is 5.32 Å². The Kier molecular flexibility index (Phi) is 4.22. The van der Waals surface area contributed by atoms with Gasteiger partial charge >= 0.3 is 0 Å². The molecule has 0 saturated carbocycles. The summed E-state index contributed by atoms with van der Waals surface area (Å²) in [5.74, 6) is -0.174. The molecule has 0 bridgehead atoms. The van der Waals surface area contributed by atoms with Crippen LogP contribution >= 0.6 is 11.6 Å². The van der Waals surface area contributed by atoms with Gasteiger partial charge in [0.05, 0.1) is 10.7 Å². The Labute approximate surface area is 134 Å². The summed E-state index contributed by atoms with van der Waals surface area (Å²) in [6.45, 7) is 0. The van der Waals surface area contributed by atoms with Crippen molar-refractivity contribution >= 4 is 23.2 Å². The lowest BCUT2D eigenvalue weighted by molar-refractivity contribution is 0.102. The zero-order chi connectivity index (χ0) is 15.4. The number of halogens is 1. The topological polar surface area (TPSA) is 29.1 Å². The SMILES string of the molecule is O=C(Nc1ccccc1Cl)c1ccccc1-c1ccccc1. The van der Waals surface area contributed by atoms with E-state index in [0.717, 1.165) is 11.1 Å². The lowest BCUT2D eigenvalue weighted by atomic mass is 9.99. The largest absolute Gasteiger partial charge is 0.321 e. The number of rotatable bonds is 3. The Morgan fingerprint density at radius 3 is 2.18 bits per heavy atom. The molecule has 1 amide bonds. The maximum absolute atomic E-state index is 12.6. The van der Waals surface area contributed by atoms with E-state index in [2.05, 4.69) is 5.32 Å². The fourth-order valence-electron chi connectivity index (χ4n) is 2.30. The van der Waals surface area contributed by atoms with Crippen LogP contribution in [0.2, 0.25) is 5.02 Å². The first kappa shape index (κ1) is 14.4. The number of para-hydroxylation sites is 1. The molecule has 3 aromatic carbocycles. The Morgan fingerprint density at radius 2 is 1.41 bits per heavy atom. The van der Waals surface area contributed by atoms with Crippen molar-refractivity contribution in [2.75, 3.05) is 5.32 Å². The highest BCUT2D eigenvalue weighted by molar-refractivity contribution is 6.34. The van der Waals surface area contributed by atoms with Crippen molar-refractivity contribution in [2.45, 2.75) is 0 Å². The molecule has 0 aromatic heterocycles. The maximum atomic E-state index is 12.6. The van der Waals surface area contributed by atoms with E-state index in [1.165, 1.54) is 0 Å². The molecule has 22 heavy (non-hydrogen) atoms. The van der Waals surface area contributed by atoms with E-state index in [0.29, 0.717) is 16.3 Å². The molecule has 0 aliphatic heterocycles. The third-order valence-electron chi connectivity index (χ3n) is 3.38. The molecule has 0 saturated heterocycles. The van der Waals surface area contributed by atoms with E-state index in [1.54, 1.807) is 12.1 Å². The van der Waals surface area contributed by atoms with Crippen molar-refractivity contribution in [3.63, 3.8) is 0 Å². The van der Waals surface area contributed by atoms with Gasteiger partial charge in [0, 0.05) is 5.56 Å². The van der Waals surface area contributed by atoms with Crippen molar-refractivity contribution < 1.29 is 4.79 Å². The van der Waals surface area contributed by atoms with Gasteiger partial charge in [-0.05, 0) is 29.3 Å². The summed E-state index contributed by atoms with van der Waals surface area (Å²) in [5, 5.41) is 3.39. The predicted octanol–water partition coefficient (Wildman–Crippen LogP) is 5.26. The van der Waals surface area contributed by atoms with E-state index < -0.39 is 0 Å². The number of hydrogen-bond donors (Lipinski definition) is 1. The molecular formula is C19H14ClNO. The summed E-state index contributed by atoms with van der Waals surface area (Å²) >= 11 is 6.10. The summed E-state index contributed by atoms with van der Waals surface area (Å²) in [5.41, 5.74) is 3.13. The number of carbonyl (C=O) groups is 1. The van der Waals surface area contributed by atoms with E-state index in [9.17, 15) is 4.79 Å². The summed E-state index contributed by atoms with van der Waals surface area (Å²) in [6, 6.07) is 24.6. The number of anilines is 1. The van der Waals surface area contributed by atoms with Crippen molar-refractivity contribution in [3.8, 4) is 11.1 Å². The van der Waals surface area contributed by atoms with Gasteiger partial charge in [0.15, 0.2) is 0 Å². The molecule has 3 aromatic rings.